The summed E-state index contributed by atoms with van der Waals surface area (Å²) in [5.41, 5.74) is 6.38. The first-order chi connectivity index (χ1) is 19.0. The summed E-state index contributed by atoms with van der Waals surface area (Å²) in [7, 11) is 0. The Bertz CT molecular complexity index is 1470. The van der Waals surface area contributed by atoms with Gasteiger partial charge in [-0.25, -0.2) is 9.78 Å². The Kier molecular flexibility index (Phi) is 8.10. The van der Waals surface area contributed by atoms with Gasteiger partial charge in [-0.05, 0) is 67.0 Å². The SMILES string of the molecule is CCCCc1cn2c(C(OC(=O)C3CCCCC3)c3ccc(-c4ccccc4C(=O)O)cc3)ccc(C)c2n1. The number of ether oxygens (including phenoxy) is 1. The predicted octanol–water partition coefficient (Wildman–Crippen LogP) is 7.56. The Morgan fingerprint density at radius 3 is 2.49 bits per heavy atom. The Labute approximate surface area is 229 Å². The highest BCUT2D eigenvalue weighted by atomic mass is 16.5. The molecule has 2 aromatic heterocycles. The Balaban J connectivity index is 1.56. The molecular weight excluding hydrogens is 488 g/mol. The zero-order chi connectivity index (χ0) is 27.4. The van der Waals surface area contributed by atoms with Gasteiger partial charge < -0.3 is 9.84 Å². The molecular formula is C33H36N2O4. The number of rotatable bonds is 9. The number of esters is 1. The highest BCUT2D eigenvalue weighted by Gasteiger charge is 2.29. The average molecular weight is 525 g/mol. The van der Waals surface area contributed by atoms with Gasteiger partial charge in [0.15, 0.2) is 6.10 Å². The maximum Gasteiger partial charge on any atom is 0.336 e. The third-order valence-electron chi connectivity index (χ3n) is 7.80. The lowest BCUT2D eigenvalue weighted by molar-refractivity contribution is -0.153. The highest BCUT2D eigenvalue weighted by molar-refractivity contribution is 5.96. The molecule has 1 unspecified atom stereocenters. The topological polar surface area (TPSA) is 80.9 Å². The molecule has 0 bridgehead atoms. The Hall–Kier alpha value is -3.93. The quantitative estimate of drug-likeness (QED) is 0.229. The molecule has 1 saturated carbocycles. The molecule has 2 aromatic carbocycles. The van der Waals surface area contributed by atoms with Crippen molar-refractivity contribution in [1.29, 1.82) is 0 Å². The maximum absolute atomic E-state index is 13.4. The molecule has 39 heavy (non-hydrogen) atoms. The van der Waals surface area contributed by atoms with Crippen molar-refractivity contribution in [3.63, 3.8) is 0 Å². The van der Waals surface area contributed by atoms with E-state index in [9.17, 15) is 14.7 Å². The largest absolute Gasteiger partial charge is 0.478 e. The van der Waals surface area contributed by atoms with Crippen LogP contribution in [-0.2, 0) is 16.0 Å². The number of unbranched alkanes of at least 4 members (excludes halogenated alkanes) is 1. The number of carbonyl (C=O) groups is 2. The van der Waals surface area contributed by atoms with Crippen LogP contribution in [0.1, 0.15) is 90.8 Å². The van der Waals surface area contributed by atoms with E-state index in [-0.39, 0.29) is 17.5 Å². The smallest absolute Gasteiger partial charge is 0.336 e. The van der Waals surface area contributed by atoms with Crippen molar-refractivity contribution in [3.8, 4) is 11.1 Å². The lowest BCUT2D eigenvalue weighted by Gasteiger charge is -2.25. The number of aryl methyl sites for hydroxylation is 2. The van der Waals surface area contributed by atoms with Gasteiger partial charge in [-0.3, -0.25) is 9.20 Å². The number of fused-ring (bicyclic) bond motifs is 1. The molecule has 0 spiro atoms. The van der Waals surface area contributed by atoms with Gasteiger partial charge in [0.05, 0.1) is 22.9 Å². The van der Waals surface area contributed by atoms with Crippen molar-refractivity contribution < 1.29 is 19.4 Å². The fraction of sp³-hybridized carbons (Fsp3) is 0.364. The van der Waals surface area contributed by atoms with Gasteiger partial charge in [0.1, 0.15) is 5.65 Å². The summed E-state index contributed by atoms with van der Waals surface area (Å²) in [6, 6.07) is 18.7. The summed E-state index contributed by atoms with van der Waals surface area (Å²) in [6.45, 7) is 4.22. The van der Waals surface area contributed by atoms with Crippen LogP contribution >= 0.6 is 0 Å². The summed E-state index contributed by atoms with van der Waals surface area (Å²) in [5, 5.41) is 9.65. The van der Waals surface area contributed by atoms with Crippen molar-refractivity contribution in [2.24, 2.45) is 5.92 Å². The summed E-state index contributed by atoms with van der Waals surface area (Å²) < 4.78 is 8.40. The van der Waals surface area contributed by atoms with Crippen molar-refractivity contribution in [3.05, 3.63) is 94.9 Å². The molecule has 0 aliphatic heterocycles. The van der Waals surface area contributed by atoms with Gasteiger partial charge in [-0.15, -0.1) is 0 Å². The molecule has 1 aliphatic rings. The minimum Gasteiger partial charge on any atom is -0.478 e. The van der Waals surface area contributed by atoms with E-state index in [4.69, 9.17) is 9.72 Å². The van der Waals surface area contributed by atoms with Gasteiger partial charge in [0.2, 0.25) is 0 Å². The van der Waals surface area contributed by atoms with Crippen molar-refractivity contribution in [2.45, 2.75) is 71.3 Å². The molecule has 1 N–H and O–H groups in total. The summed E-state index contributed by atoms with van der Waals surface area (Å²) >= 11 is 0. The Morgan fingerprint density at radius 1 is 1.03 bits per heavy atom. The van der Waals surface area contributed by atoms with Gasteiger partial charge in [0.25, 0.3) is 0 Å². The molecule has 1 aliphatic carbocycles. The number of carboxylic acids is 1. The average Bonchev–Trinajstić information content (AvgIpc) is 3.41. The number of carboxylic acid groups (broad SMARTS) is 1. The molecule has 2 heterocycles. The fourth-order valence-electron chi connectivity index (χ4n) is 5.57. The Morgan fingerprint density at radius 2 is 1.77 bits per heavy atom. The number of carbonyl (C=O) groups excluding carboxylic acids is 1. The van der Waals surface area contributed by atoms with E-state index in [1.165, 1.54) is 6.42 Å². The van der Waals surface area contributed by atoms with Crippen LogP contribution in [-0.4, -0.2) is 26.4 Å². The molecule has 6 nitrogen and oxygen atoms in total. The molecule has 1 fully saturated rings. The van der Waals surface area contributed by atoms with E-state index in [1.807, 2.05) is 55.5 Å². The lowest BCUT2D eigenvalue weighted by Crippen LogP contribution is -2.24. The first kappa shape index (κ1) is 26.7. The van der Waals surface area contributed by atoms with Crippen LogP contribution in [0.5, 0.6) is 0 Å². The predicted molar refractivity (Wildman–Crippen MR) is 152 cm³/mol. The van der Waals surface area contributed by atoms with Gasteiger partial charge in [-0.2, -0.15) is 0 Å². The lowest BCUT2D eigenvalue weighted by atomic mass is 9.89. The molecule has 0 radical (unpaired) electrons. The van der Waals surface area contributed by atoms with E-state index in [2.05, 4.69) is 17.5 Å². The summed E-state index contributed by atoms with van der Waals surface area (Å²) in [6.07, 6.45) is 9.54. The monoisotopic (exact) mass is 524 g/mol. The summed E-state index contributed by atoms with van der Waals surface area (Å²) in [5.74, 6) is -1.19. The van der Waals surface area contributed by atoms with Gasteiger partial charge in [-0.1, -0.05) is 81.1 Å². The first-order valence-electron chi connectivity index (χ1n) is 14.1. The highest BCUT2D eigenvalue weighted by Crippen LogP contribution is 2.34. The van der Waals surface area contributed by atoms with Gasteiger partial charge >= 0.3 is 11.9 Å². The molecule has 5 rings (SSSR count). The van der Waals surface area contributed by atoms with Crippen LogP contribution in [0.25, 0.3) is 16.8 Å². The minimum absolute atomic E-state index is 0.0770. The van der Waals surface area contributed by atoms with Crippen LogP contribution in [0.2, 0.25) is 0 Å². The molecule has 0 amide bonds. The van der Waals surface area contributed by atoms with Crippen LogP contribution in [0, 0.1) is 12.8 Å². The summed E-state index contributed by atoms with van der Waals surface area (Å²) in [4.78, 5) is 30.1. The standard InChI is InChI=1S/C33H36N2O4/c1-3-4-12-26-21-35-29(20-15-22(2)31(35)34-26)30(39-33(38)25-10-6-5-7-11-25)24-18-16-23(17-19-24)27-13-8-9-14-28(27)32(36)37/h8-9,13-21,25,30H,3-7,10-12H2,1-2H3,(H,36,37). The van der Waals surface area contributed by atoms with Crippen LogP contribution in [0.3, 0.4) is 0 Å². The van der Waals surface area contributed by atoms with Crippen molar-refractivity contribution in [1.82, 2.24) is 9.38 Å². The number of nitrogens with zero attached hydrogens (tertiary/aromatic N) is 2. The third kappa shape index (κ3) is 5.75. The fourth-order valence-corrected chi connectivity index (χ4v) is 5.57. The zero-order valence-electron chi connectivity index (χ0n) is 22.7. The number of benzene rings is 2. The number of hydrogen-bond acceptors (Lipinski definition) is 4. The van der Waals surface area contributed by atoms with E-state index in [0.29, 0.717) is 5.56 Å². The first-order valence-corrected chi connectivity index (χ1v) is 14.1. The van der Waals surface area contributed by atoms with E-state index < -0.39 is 12.1 Å². The molecule has 202 valence electrons. The molecule has 0 saturated heterocycles. The maximum atomic E-state index is 13.4. The van der Waals surface area contributed by atoms with Crippen LogP contribution in [0.4, 0.5) is 0 Å². The van der Waals surface area contributed by atoms with E-state index in [0.717, 1.165) is 78.7 Å². The second kappa shape index (κ2) is 11.9. The van der Waals surface area contributed by atoms with E-state index >= 15 is 0 Å². The van der Waals surface area contributed by atoms with E-state index in [1.54, 1.807) is 12.1 Å². The van der Waals surface area contributed by atoms with Crippen molar-refractivity contribution in [2.75, 3.05) is 0 Å². The molecule has 4 aromatic rings. The van der Waals surface area contributed by atoms with Crippen LogP contribution in [0.15, 0.2) is 66.9 Å². The zero-order valence-corrected chi connectivity index (χ0v) is 22.7. The second-order valence-corrected chi connectivity index (χ2v) is 10.6. The number of aromatic nitrogens is 2. The van der Waals surface area contributed by atoms with Crippen molar-refractivity contribution >= 4 is 17.6 Å². The number of pyridine rings is 1. The molecule has 1 atom stereocenters. The number of hydrogen-bond donors (Lipinski definition) is 1. The normalized spacial score (nSPS) is 14.8. The second-order valence-electron chi connectivity index (χ2n) is 10.6. The number of imidazole rings is 1. The van der Waals surface area contributed by atoms with Gasteiger partial charge in [0, 0.05) is 6.20 Å². The van der Waals surface area contributed by atoms with Crippen LogP contribution < -0.4 is 0 Å². The third-order valence-corrected chi connectivity index (χ3v) is 7.80. The minimum atomic E-state index is -0.963. The number of aromatic carboxylic acids is 1. The molecule has 6 heteroatoms.